The lowest BCUT2D eigenvalue weighted by Gasteiger charge is -2.19. The molecule has 0 aromatic heterocycles. The second-order valence-electron chi connectivity index (χ2n) is 5.75. The third-order valence-electron chi connectivity index (χ3n) is 2.74. The molecule has 0 aliphatic heterocycles. The fraction of sp³-hybridized carbons (Fsp3) is 0.571. The van der Waals surface area contributed by atoms with Crippen LogP contribution in [0.25, 0.3) is 0 Å². The molecular weight excluding hydrogens is 352 g/mol. The third kappa shape index (κ3) is 11.3. The molecule has 25 heavy (non-hydrogen) atoms. The zero-order valence-corrected chi connectivity index (χ0v) is 15.9. The molecule has 1 aromatic carbocycles. The van der Waals surface area contributed by atoms with E-state index in [0.717, 1.165) is 5.01 Å². The van der Waals surface area contributed by atoms with Crippen LogP contribution in [0.15, 0.2) is 24.3 Å². The van der Waals surface area contributed by atoms with Gasteiger partial charge < -0.3 is 14.8 Å². The van der Waals surface area contributed by atoms with E-state index < -0.39 is 21.5 Å². The van der Waals surface area contributed by atoms with E-state index in [1.807, 2.05) is 0 Å². The number of hydrogen-bond acceptors (Lipinski definition) is 7. The number of anilines is 2. The highest BCUT2D eigenvalue weighted by molar-refractivity contribution is 7.80. The Morgan fingerprint density at radius 1 is 1.36 bits per heavy atom. The summed E-state index contributed by atoms with van der Waals surface area (Å²) in [4.78, 5) is 12.1. The number of quaternary nitrogens is 1. The highest BCUT2D eigenvalue weighted by Crippen LogP contribution is 2.19. The molecule has 0 fully saturated rings. The van der Waals surface area contributed by atoms with Crippen LogP contribution in [-0.2, 0) is 14.6 Å². The molecule has 0 amide bonds. The minimum Gasteiger partial charge on any atom is -0.726 e. The van der Waals surface area contributed by atoms with Crippen LogP contribution in [0.5, 0.6) is 0 Å². The van der Waals surface area contributed by atoms with Gasteiger partial charge in [0.2, 0.25) is 10.4 Å². The Bertz CT molecular complexity index is 635. The van der Waals surface area contributed by atoms with Crippen LogP contribution in [0.3, 0.4) is 0 Å². The smallest absolute Gasteiger partial charge is 0.217 e. The molecule has 0 spiro atoms. The minimum atomic E-state index is -4.74. The van der Waals surface area contributed by atoms with Crippen LogP contribution in [0.2, 0.25) is 0 Å². The van der Waals surface area contributed by atoms with Crippen molar-refractivity contribution in [3.8, 4) is 0 Å². The summed E-state index contributed by atoms with van der Waals surface area (Å²) in [6, 6.07) is 5.98. The first-order valence-electron chi connectivity index (χ1n) is 7.57. The normalized spacial score (nSPS) is 12.1. The molecule has 0 saturated heterocycles. The van der Waals surface area contributed by atoms with E-state index in [4.69, 9.17) is 0 Å². The number of benzene rings is 1. The number of rotatable bonds is 8. The molecule has 0 bridgehead atoms. The summed E-state index contributed by atoms with van der Waals surface area (Å²) >= 11 is 0. The fourth-order valence-corrected chi connectivity index (χ4v) is 1.88. The van der Waals surface area contributed by atoms with Gasteiger partial charge in [-0.25, -0.2) is 18.5 Å². The highest BCUT2D eigenvalue weighted by Gasteiger charge is 2.13. The molecule has 2 N–H and O–H groups in total. The Morgan fingerprint density at radius 3 is 2.36 bits per heavy atom. The van der Waals surface area contributed by atoms with E-state index in [0.29, 0.717) is 17.8 Å². The van der Waals surface area contributed by atoms with Crippen LogP contribution < -0.4 is 15.2 Å². The maximum Gasteiger partial charge on any atom is 0.217 e. The van der Waals surface area contributed by atoms with E-state index in [-0.39, 0.29) is 6.61 Å². The van der Waals surface area contributed by atoms with E-state index in [2.05, 4.69) is 30.6 Å². The van der Waals surface area contributed by atoms with E-state index in [9.17, 15) is 23.1 Å². The van der Waals surface area contributed by atoms with Crippen molar-refractivity contribution in [3.63, 3.8) is 0 Å². The Morgan fingerprint density at radius 2 is 1.92 bits per heavy atom. The molecular formula is C14H26N4O6S. The van der Waals surface area contributed by atoms with Crippen molar-refractivity contribution in [1.29, 1.82) is 0 Å². The second-order valence-corrected chi connectivity index (χ2v) is 6.81. The largest absolute Gasteiger partial charge is 0.726 e. The van der Waals surface area contributed by atoms with Crippen LogP contribution >= 0.6 is 0 Å². The van der Waals surface area contributed by atoms with E-state index in [1.165, 1.54) is 18.0 Å². The molecule has 0 radical (unpaired) electrons. The van der Waals surface area contributed by atoms with Gasteiger partial charge in [0.25, 0.3) is 0 Å². The van der Waals surface area contributed by atoms with Gasteiger partial charge >= 0.3 is 0 Å². The van der Waals surface area contributed by atoms with Crippen molar-refractivity contribution in [2.45, 2.75) is 19.4 Å². The summed E-state index contributed by atoms with van der Waals surface area (Å²) in [5, 5.41) is 13.9. The summed E-state index contributed by atoms with van der Waals surface area (Å²) in [5.41, 5.74) is 0.914. The van der Waals surface area contributed by atoms with Crippen LogP contribution in [0, 0.1) is 10.1 Å². The van der Waals surface area contributed by atoms with E-state index in [1.54, 1.807) is 25.1 Å². The first-order chi connectivity index (χ1) is 11.5. The van der Waals surface area contributed by atoms with Gasteiger partial charge in [0.1, 0.15) is 5.69 Å². The van der Waals surface area contributed by atoms with Gasteiger partial charge in [0.05, 0.1) is 40.8 Å². The predicted molar refractivity (Wildman–Crippen MR) is 93.9 cm³/mol. The summed E-state index contributed by atoms with van der Waals surface area (Å²) < 4.78 is 35.5. The first kappa shape index (κ1) is 23.1. The van der Waals surface area contributed by atoms with Crippen molar-refractivity contribution in [1.82, 2.24) is 0 Å². The van der Waals surface area contributed by atoms with Gasteiger partial charge in [-0.3, -0.25) is 4.18 Å². The first-order valence-corrected chi connectivity index (χ1v) is 8.91. The molecule has 0 saturated carbocycles. The van der Waals surface area contributed by atoms with Gasteiger partial charge in [0.15, 0.2) is 5.03 Å². The molecule has 10 nitrogen and oxygen atoms in total. The Labute approximate surface area is 148 Å². The average molecular weight is 378 g/mol. The molecule has 144 valence electrons. The third-order valence-corrected chi connectivity index (χ3v) is 3.17. The lowest BCUT2D eigenvalue weighted by Crippen LogP contribution is -3.02. The number of nitrogens with zero attached hydrogens (tertiary/aromatic N) is 2. The maximum absolute atomic E-state index is 10.7. The van der Waals surface area contributed by atoms with Crippen LogP contribution in [0.4, 0.5) is 11.4 Å². The molecule has 1 unspecified atom stereocenters. The molecule has 11 heteroatoms. The molecule has 1 aromatic rings. The highest BCUT2D eigenvalue weighted by atomic mass is 32.3. The van der Waals surface area contributed by atoms with Gasteiger partial charge in [0, 0.05) is 5.69 Å². The summed E-state index contributed by atoms with van der Waals surface area (Å²) in [7, 11) is 2.82. The fourth-order valence-electron chi connectivity index (χ4n) is 1.55. The van der Waals surface area contributed by atoms with Crippen LogP contribution in [0.1, 0.15) is 13.3 Å². The zero-order chi connectivity index (χ0) is 19.6. The van der Waals surface area contributed by atoms with Gasteiger partial charge in [-0.1, -0.05) is 18.0 Å². The molecule has 0 aliphatic carbocycles. The van der Waals surface area contributed by atoms with Crippen molar-refractivity contribution >= 4 is 21.8 Å². The van der Waals surface area contributed by atoms with Gasteiger partial charge in [-0.05, 0) is 24.6 Å². The van der Waals surface area contributed by atoms with Gasteiger partial charge in [-0.15, -0.1) is 0 Å². The Kier molecular flexibility index (Phi) is 9.98. The Balaban J connectivity index is 0.00000129. The zero-order valence-electron chi connectivity index (χ0n) is 15.1. The second kappa shape index (κ2) is 10.8. The monoisotopic (exact) mass is 378 g/mol. The summed E-state index contributed by atoms with van der Waals surface area (Å²) in [6.45, 7) is 1.48. The number of nitro groups is 1. The molecule has 1 rings (SSSR count). The standard InChI is InChI=1S/C11H17N3O6S.C3H9N/c1-3-9(8-20-21(17,18)19)12-10-5-4-6-11(7-10)13(2)14(15)16;1-4(2)3/h4-7,9,12H,3,8H2,1-2H3,(H,17,18,19);1-3H3. The molecule has 0 aliphatic rings. The maximum atomic E-state index is 10.7. The SMILES string of the molecule is CCC(COS(=O)(=O)[O-])Nc1cccc(N(C)[N+](=O)[O-])c1.C[NH+](C)C. The van der Waals surface area contributed by atoms with Crippen LogP contribution in [-0.4, -0.2) is 58.8 Å². The lowest BCUT2D eigenvalue weighted by molar-refractivity contribution is -0.836. The van der Waals surface area contributed by atoms with Crippen molar-refractivity contribution in [2.75, 3.05) is 45.1 Å². The molecule has 0 heterocycles. The van der Waals surface area contributed by atoms with Crippen molar-refractivity contribution in [3.05, 3.63) is 34.4 Å². The average Bonchev–Trinajstić information content (AvgIpc) is 2.49. The summed E-state index contributed by atoms with van der Waals surface area (Å²) in [5.74, 6) is 0. The predicted octanol–water partition coefficient (Wildman–Crippen LogP) is -0.257. The summed E-state index contributed by atoms with van der Waals surface area (Å²) in [6.07, 6.45) is 0.505. The van der Waals surface area contributed by atoms with Gasteiger partial charge in [-0.2, -0.15) is 0 Å². The number of hydrazine groups is 1. The van der Waals surface area contributed by atoms with Crippen molar-refractivity contribution in [2.24, 2.45) is 0 Å². The van der Waals surface area contributed by atoms with E-state index >= 15 is 0 Å². The topological polar surface area (TPSA) is 129 Å². The Hall–Kier alpha value is -1.95. The lowest BCUT2D eigenvalue weighted by atomic mass is 10.2. The van der Waals surface area contributed by atoms with Crippen molar-refractivity contribution < 1.29 is 27.1 Å². The molecule has 1 atom stereocenters. The number of hydrogen-bond donors (Lipinski definition) is 2. The quantitative estimate of drug-likeness (QED) is 0.274. The minimum absolute atomic E-state index is 0.308. The number of nitrogens with one attached hydrogen (secondary N) is 2.